The minimum absolute atomic E-state index is 0.0401. The highest BCUT2D eigenvalue weighted by Crippen LogP contribution is 2.39. The van der Waals surface area contributed by atoms with E-state index in [0.717, 1.165) is 38.4 Å². The van der Waals surface area contributed by atoms with Crippen LogP contribution < -0.4 is 19.9 Å². The average molecular weight is 460 g/mol. The first-order valence-corrected chi connectivity index (χ1v) is 12.4. The highest BCUT2D eigenvalue weighted by Gasteiger charge is 2.22. The minimum atomic E-state index is -4.71. The molecule has 13 heteroatoms. The predicted octanol–water partition coefficient (Wildman–Crippen LogP) is 2.30. The number of rotatable bonds is 7. The van der Waals surface area contributed by atoms with Gasteiger partial charge >= 0.3 is 0 Å². The second kappa shape index (κ2) is 7.88. The van der Waals surface area contributed by atoms with Gasteiger partial charge in [-0.25, -0.2) is 17.5 Å². The normalized spacial score (nSPS) is 13.9. The summed E-state index contributed by atoms with van der Waals surface area (Å²) >= 11 is 2.37. The van der Waals surface area contributed by atoms with Gasteiger partial charge in [0.25, 0.3) is 10.0 Å². The van der Waals surface area contributed by atoms with Crippen LogP contribution >= 0.6 is 30.3 Å². The molecule has 0 radical (unpaired) electrons. The Morgan fingerprint density at radius 1 is 1.32 bits per heavy atom. The predicted molar refractivity (Wildman–Crippen MR) is 102 cm³/mol. The van der Waals surface area contributed by atoms with Gasteiger partial charge in [0.2, 0.25) is 0 Å². The van der Waals surface area contributed by atoms with Crippen LogP contribution in [0.15, 0.2) is 34.5 Å². The van der Waals surface area contributed by atoms with Crippen LogP contribution in [0.1, 0.15) is 10.4 Å². The van der Waals surface area contributed by atoms with Crippen LogP contribution in [0.4, 0.5) is 4.39 Å². The molecule has 2 aromatic heterocycles. The molecule has 1 unspecified atom stereocenters. The Hall–Kier alpha value is -1.84. The van der Waals surface area contributed by atoms with E-state index in [1.165, 1.54) is 17.4 Å². The van der Waals surface area contributed by atoms with E-state index < -0.39 is 29.7 Å². The van der Waals surface area contributed by atoms with E-state index in [9.17, 15) is 22.3 Å². The summed E-state index contributed by atoms with van der Waals surface area (Å²) in [4.78, 5) is 12.9. The number of fused-ring (bicyclic) bond motifs is 1. The smallest absolute Gasteiger partial charge is 0.250 e. The van der Waals surface area contributed by atoms with Crippen molar-refractivity contribution >= 4 is 49.7 Å². The van der Waals surface area contributed by atoms with E-state index in [4.69, 9.17) is 15.5 Å². The molecule has 1 aromatic carbocycles. The lowest BCUT2D eigenvalue weighted by Crippen LogP contribution is -2.28. The topological polar surface area (TPSA) is 145 Å². The van der Waals surface area contributed by atoms with Crippen molar-refractivity contribution in [3.8, 4) is 11.8 Å². The Morgan fingerprint density at radius 2 is 2.07 bits per heavy atom. The van der Waals surface area contributed by atoms with Crippen molar-refractivity contribution in [1.29, 1.82) is 5.26 Å². The Balaban J connectivity index is 1.71. The van der Waals surface area contributed by atoms with E-state index in [0.29, 0.717) is 11.9 Å². The van der Waals surface area contributed by atoms with Crippen molar-refractivity contribution in [2.75, 3.05) is 6.29 Å². The fourth-order valence-electron chi connectivity index (χ4n) is 2.17. The number of halogens is 1. The van der Waals surface area contributed by atoms with Crippen molar-refractivity contribution in [1.82, 2.24) is 4.72 Å². The fraction of sp³-hybridized carbons (Fsp3) is 0.133. The van der Waals surface area contributed by atoms with Gasteiger partial charge in [0, 0.05) is 22.9 Å². The summed E-state index contributed by atoms with van der Waals surface area (Å²) < 4.78 is 57.7. The monoisotopic (exact) mass is 460 g/mol. The molecule has 0 aliphatic rings. The first-order chi connectivity index (χ1) is 13.1. The standard InChI is InChI=1S/C15H13FN3O5PS3/c16-13-5-11(2-1-9(13)6-17)24-25(20,21)8-19-28(22,23)14-4-10-3-12(7-18)26-15(10)27-14/h1-5,19H,7-8,18H2,(H,20,21)/p-1. The van der Waals surface area contributed by atoms with Crippen LogP contribution in [0.5, 0.6) is 5.75 Å². The molecule has 8 nitrogen and oxygen atoms in total. The summed E-state index contributed by atoms with van der Waals surface area (Å²) in [6.07, 6.45) is -1.02. The summed E-state index contributed by atoms with van der Waals surface area (Å²) in [5.41, 5.74) is 5.27. The maximum Gasteiger partial charge on any atom is 0.250 e. The molecule has 0 saturated heterocycles. The maximum absolute atomic E-state index is 13.5. The molecule has 148 valence electrons. The average Bonchev–Trinajstić information content (AvgIpc) is 3.19. The number of benzene rings is 1. The Morgan fingerprint density at radius 3 is 2.68 bits per heavy atom. The number of sulfonamides is 1. The number of hydrogen-bond donors (Lipinski definition) is 2. The summed E-state index contributed by atoms with van der Waals surface area (Å²) in [5, 5.41) is 9.37. The molecule has 3 N–H and O–H groups in total. The Bertz CT molecular complexity index is 1200. The molecule has 0 bridgehead atoms. The van der Waals surface area contributed by atoms with Crippen LogP contribution in [0.2, 0.25) is 0 Å². The molecule has 0 fully saturated rings. The Labute approximate surface area is 167 Å². The second-order valence-corrected chi connectivity index (χ2v) is 11.6. The van der Waals surface area contributed by atoms with Gasteiger partial charge in [-0.05, 0) is 24.3 Å². The lowest BCUT2D eigenvalue weighted by molar-refractivity contribution is -0.191. The summed E-state index contributed by atoms with van der Waals surface area (Å²) in [7, 11) is -8.79. The molecule has 0 amide bonds. The third kappa shape index (κ3) is 4.59. The summed E-state index contributed by atoms with van der Waals surface area (Å²) in [6.45, 7) is 0.346. The lowest BCUT2D eigenvalue weighted by Gasteiger charge is -2.24. The molecule has 3 aromatic rings. The van der Waals surface area contributed by atoms with Gasteiger partial charge in [-0.15, -0.1) is 22.7 Å². The van der Waals surface area contributed by atoms with Crippen molar-refractivity contribution in [2.45, 2.75) is 10.8 Å². The van der Waals surface area contributed by atoms with Gasteiger partial charge in [0.05, 0.1) is 15.9 Å². The van der Waals surface area contributed by atoms with E-state index in [1.54, 1.807) is 12.1 Å². The zero-order valence-electron chi connectivity index (χ0n) is 13.9. The number of nitrogens with zero attached hydrogens (tertiary/aromatic N) is 1. The van der Waals surface area contributed by atoms with Gasteiger partial charge in [0.15, 0.2) is 7.60 Å². The maximum atomic E-state index is 13.5. The molecular formula is C15H12FN3O5PS3-. The highest BCUT2D eigenvalue weighted by atomic mass is 32.2. The number of nitrogens with one attached hydrogen (secondary N) is 1. The fourth-order valence-corrected chi connectivity index (χ4v) is 7.54. The molecule has 0 aliphatic heterocycles. The van der Waals surface area contributed by atoms with Gasteiger partial charge in [-0.2, -0.15) is 5.26 Å². The van der Waals surface area contributed by atoms with Crippen molar-refractivity contribution in [3.05, 3.63) is 46.6 Å². The van der Waals surface area contributed by atoms with Gasteiger partial charge in [-0.1, -0.05) is 0 Å². The molecule has 0 saturated carbocycles. The summed E-state index contributed by atoms with van der Waals surface area (Å²) in [5.74, 6) is -1.31. The van der Waals surface area contributed by atoms with E-state index in [1.807, 2.05) is 4.72 Å². The van der Waals surface area contributed by atoms with Crippen LogP contribution in [-0.4, -0.2) is 14.7 Å². The zero-order chi connectivity index (χ0) is 20.5. The third-order valence-electron chi connectivity index (χ3n) is 3.46. The number of nitrogens with two attached hydrogens (primary N) is 1. The number of hydrogen-bond acceptors (Lipinski definition) is 9. The molecule has 0 aliphatic carbocycles. The SMILES string of the molecule is N#Cc1ccc(OP(=O)([O-])CNS(=O)(=O)c2cc3cc(CN)sc3s2)cc1F. The Kier molecular flexibility index (Phi) is 5.88. The van der Waals surface area contributed by atoms with Crippen molar-refractivity contribution < 1.29 is 26.8 Å². The largest absolute Gasteiger partial charge is 0.768 e. The number of thiophene rings is 2. The van der Waals surface area contributed by atoms with E-state index >= 15 is 0 Å². The van der Waals surface area contributed by atoms with Gasteiger partial charge in [0.1, 0.15) is 21.8 Å². The van der Waals surface area contributed by atoms with Crippen molar-refractivity contribution in [2.24, 2.45) is 5.73 Å². The first kappa shape index (κ1) is 20.9. The molecular weight excluding hydrogens is 448 g/mol. The molecule has 3 rings (SSSR count). The van der Waals surface area contributed by atoms with Gasteiger partial charge in [-0.3, -0.25) is 4.57 Å². The van der Waals surface area contributed by atoms with Crippen LogP contribution in [0.3, 0.4) is 0 Å². The second-order valence-electron chi connectivity index (χ2n) is 5.49. The zero-order valence-corrected chi connectivity index (χ0v) is 17.3. The summed E-state index contributed by atoms with van der Waals surface area (Å²) in [6, 6.07) is 7.69. The first-order valence-electron chi connectivity index (χ1n) is 7.55. The molecule has 28 heavy (non-hydrogen) atoms. The quantitative estimate of drug-likeness (QED) is 0.515. The lowest BCUT2D eigenvalue weighted by atomic mass is 10.2. The van der Waals surface area contributed by atoms with Crippen LogP contribution in [-0.2, 0) is 21.1 Å². The minimum Gasteiger partial charge on any atom is -0.768 e. The molecule has 0 spiro atoms. The van der Waals surface area contributed by atoms with Crippen molar-refractivity contribution in [3.63, 3.8) is 0 Å². The molecule has 1 atom stereocenters. The van der Waals surface area contributed by atoms with Crippen LogP contribution in [0, 0.1) is 17.1 Å². The number of nitriles is 1. The van der Waals surface area contributed by atoms with Crippen LogP contribution in [0.25, 0.3) is 9.40 Å². The molecule has 2 heterocycles. The third-order valence-corrected chi connectivity index (χ3v) is 9.00. The van der Waals surface area contributed by atoms with E-state index in [-0.39, 0.29) is 15.5 Å². The van der Waals surface area contributed by atoms with E-state index in [2.05, 4.69) is 0 Å². The van der Waals surface area contributed by atoms with Gasteiger partial charge < -0.3 is 15.2 Å². The highest BCUT2D eigenvalue weighted by molar-refractivity contribution is 7.92.